The van der Waals surface area contributed by atoms with E-state index in [0.717, 1.165) is 20.1 Å². The van der Waals surface area contributed by atoms with Crippen LogP contribution in [0.15, 0.2) is 57.5 Å². The largest absolute Gasteiger partial charge is 0.451 e. The van der Waals surface area contributed by atoms with Crippen molar-refractivity contribution in [1.29, 1.82) is 0 Å². The van der Waals surface area contributed by atoms with E-state index in [0.29, 0.717) is 5.56 Å². The summed E-state index contributed by atoms with van der Waals surface area (Å²) >= 11 is 6.85. The first-order chi connectivity index (χ1) is 10.6. The maximum atomic E-state index is 12.1. The van der Waals surface area contributed by atoms with Gasteiger partial charge in [-0.25, -0.2) is 4.79 Å². The van der Waals surface area contributed by atoms with E-state index in [2.05, 4.69) is 31.9 Å². The number of benzene rings is 2. The normalized spacial score (nSPS) is 19.6. The molecule has 1 aliphatic carbocycles. The molecule has 0 saturated carbocycles. The van der Waals surface area contributed by atoms with Crippen LogP contribution >= 0.6 is 31.9 Å². The zero-order valence-corrected chi connectivity index (χ0v) is 14.5. The lowest BCUT2D eigenvalue weighted by molar-refractivity contribution is -0.00118. The van der Waals surface area contributed by atoms with Crippen LogP contribution in [-0.4, -0.2) is 17.2 Å². The second kappa shape index (κ2) is 6.36. The minimum Gasteiger partial charge on any atom is -0.451 e. The first-order valence-electron chi connectivity index (χ1n) is 6.67. The van der Waals surface area contributed by atoms with Crippen molar-refractivity contribution < 1.29 is 14.6 Å². The first kappa shape index (κ1) is 15.5. The second-order valence-corrected chi connectivity index (χ2v) is 6.64. The van der Waals surface area contributed by atoms with Gasteiger partial charge in [0.2, 0.25) is 0 Å². The summed E-state index contributed by atoms with van der Waals surface area (Å²) in [6.45, 7) is 0. The third-order valence-corrected chi connectivity index (χ3v) is 5.32. The van der Waals surface area contributed by atoms with Gasteiger partial charge in [0.05, 0.1) is 5.56 Å². The Balaban J connectivity index is 1.83. The van der Waals surface area contributed by atoms with Crippen molar-refractivity contribution in [2.45, 2.75) is 12.2 Å². The van der Waals surface area contributed by atoms with E-state index in [4.69, 9.17) is 4.74 Å². The molecular weight excluding hydrogens is 412 g/mol. The molecule has 2 atom stereocenters. The molecule has 3 rings (SSSR count). The van der Waals surface area contributed by atoms with Crippen molar-refractivity contribution in [2.75, 3.05) is 0 Å². The van der Waals surface area contributed by atoms with Gasteiger partial charge in [0, 0.05) is 8.95 Å². The fourth-order valence-corrected chi connectivity index (χ4v) is 3.05. The molecule has 0 bridgehead atoms. The number of ether oxygens (including phenoxy) is 1. The van der Waals surface area contributed by atoms with Crippen LogP contribution in [0.4, 0.5) is 0 Å². The van der Waals surface area contributed by atoms with Gasteiger partial charge in [-0.05, 0) is 73.3 Å². The highest BCUT2D eigenvalue weighted by molar-refractivity contribution is 9.13. The molecule has 5 heteroatoms. The van der Waals surface area contributed by atoms with Crippen molar-refractivity contribution in [3.63, 3.8) is 0 Å². The van der Waals surface area contributed by atoms with Gasteiger partial charge in [-0.15, -0.1) is 0 Å². The quantitative estimate of drug-likeness (QED) is 0.723. The fourth-order valence-electron chi connectivity index (χ4n) is 2.33. The minimum atomic E-state index is -0.892. The van der Waals surface area contributed by atoms with Gasteiger partial charge < -0.3 is 9.84 Å². The average Bonchev–Trinajstić information content (AvgIpc) is 2.53. The molecule has 22 heavy (non-hydrogen) atoms. The van der Waals surface area contributed by atoms with E-state index < -0.39 is 18.2 Å². The highest BCUT2D eigenvalue weighted by Crippen LogP contribution is 2.35. The third-order valence-electron chi connectivity index (χ3n) is 3.47. The molecule has 0 amide bonds. The number of halogens is 2. The molecule has 2 aromatic rings. The SMILES string of the molecule is O=C(O[C@H]1C=Cc2cc(Br)c(Br)cc2[C@@H]1O)c1ccccc1. The number of hydrogen-bond donors (Lipinski definition) is 1. The fraction of sp³-hybridized carbons (Fsp3) is 0.118. The molecule has 1 aliphatic rings. The standard InChI is InChI=1S/C17H12Br2O3/c18-13-8-11-6-7-15(16(20)12(11)9-14(13)19)22-17(21)10-4-2-1-3-5-10/h1-9,15-16,20H/t15-,16-/m0/s1. The highest BCUT2D eigenvalue weighted by atomic mass is 79.9. The molecule has 0 spiro atoms. The molecule has 0 saturated heterocycles. The van der Waals surface area contributed by atoms with Crippen molar-refractivity contribution in [2.24, 2.45) is 0 Å². The van der Waals surface area contributed by atoms with E-state index in [9.17, 15) is 9.90 Å². The van der Waals surface area contributed by atoms with Crippen molar-refractivity contribution in [1.82, 2.24) is 0 Å². The number of aliphatic hydroxyl groups is 1. The van der Waals surface area contributed by atoms with Crippen LogP contribution in [0.3, 0.4) is 0 Å². The van der Waals surface area contributed by atoms with Crippen molar-refractivity contribution in [3.8, 4) is 0 Å². The Hall–Kier alpha value is -1.43. The van der Waals surface area contributed by atoms with Crippen LogP contribution in [0.5, 0.6) is 0 Å². The second-order valence-electron chi connectivity index (χ2n) is 4.94. The zero-order chi connectivity index (χ0) is 15.7. The Kier molecular flexibility index (Phi) is 4.47. The lowest BCUT2D eigenvalue weighted by Crippen LogP contribution is -2.26. The third kappa shape index (κ3) is 3.02. The molecule has 0 unspecified atom stereocenters. The van der Waals surface area contributed by atoms with Crippen LogP contribution in [0, 0.1) is 0 Å². The number of rotatable bonds is 2. The molecule has 3 nitrogen and oxygen atoms in total. The molecule has 0 aromatic heterocycles. The number of hydrogen-bond acceptors (Lipinski definition) is 3. The molecule has 112 valence electrons. The van der Waals surface area contributed by atoms with Gasteiger partial charge in [-0.3, -0.25) is 0 Å². The molecule has 0 fully saturated rings. The van der Waals surface area contributed by atoms with Crippen LogP contribution in [0.1, 0.15) is 27.6 Å². The number of carbonyl (C=O) groups excluding carboxylic acids is 1. The maximum Gasteiger partial charge on any atom is 0.338 e. The Labute approximate surface area is 144 Å². The molecule has 0 heterocycles. The van der Waals surface area contributed by atoms with E-state index in [1.54, 1.807) is 30.3 Å². The number of aliphatic hydroxyl groups excluding tert-OH is 1. The summed E-state index contributed by atoms with van der Waals surface area (Å²) in [6, 6.07) is 12.5. The number of esters is 1. The van der Waals surface area contributed by atoms with Gasteiger partial charge >= 0.3 is 5.97 Å². The summed E-state index contributed by atoms with van der Waals surface area (Å²) < 4.78 is 7.16. The lowest BCUT2D eigenvalue weighted by atomic mass is 9.93. The average molecular weight is 424 g/mol. The monoisotopic (exact) mass is 422 g/mol. The molecule has 2 aromatic carbocycles. The summed E-state index contributed by atoms with van der Waals surface area (Å²) in [4.78, 5) is 12.1. The molecular formula is C17H12Br2O3. The van der Waals surface area contributed by atoms with Crippen molar-refractivity contribution in [3.05, 3.63) is 74.2 Å². The summed E-state index contributed by atoms with van der Waals surface area (Å²) in [6.07, 6.45) is 1.96. The lowest BCUT2D eigenvalue weighted by Gasteiger charge is -2.26. The Morgan fingerprint density at radius 1 is 1.09 bits per heavy atom. The summed E-state index contributed by atoms with van der Waals surface area (Å²) in [5, 5.41) is 10.5. The van der Waals surface area contributed by atoms with Crippen LogP contribution in [0.2, 0.25) is 0 Å². The Morgan fingerprint density at radius 3 is 2.50 bits per heavy atom. The number of carbonyl (C=O) groups is 1. The van der Waals surface area contributed by atoms with Gasteiger partial charge in [0.1, 0.15) is 6.10 Å². The topological polar surface area (TPSA) is 46.5 Å². The molecule has 1 N–H and O–H groups in total. The minimum absolute atomic E-state index is 0.450. The van der Waals surface area contributed by atoms with E-state index >= 15 is 0 Å². The Morgan fingerprint density at radius 2 is 1.77 bits per heavy atom. The summed E-state index contributed by atoms with van der Waals surface area (Å²) in [5.41, 5.74) is 2.09. The molecule has 0 aliphatic heterocycles. The van der Waals surface area contributed by atoms with Gasteiger partial charge in [-0.1, -0.05) is 24.3 Å². The van der Waals surface area contributed by atoms with Crippen molar-refractivity contribution >= 4 is 43.9 Å². The van der Waals surface area contributed by atoms with Gasteiger partial charge in [0.25, 0.3) is 0 Å². The van der Waals surface area contributed by atoms with E-state index in [-0.39, 0.29) is 0 Å². The summed E-state index contributed by atoms with van der Waals surface area (Å²) in [5.74, 6) is -0.450. The smallest absolute Gasteiger partial charge is 0.338 e. The van der Waals surface area contributed by atoms with Crippen LogP contribution < -0.4 is 0 Å². The van der Waals surface area contributed by atoms with Crippen LogP contribution in [0.25, 0.3) is 6.08 Å². The van der Waals surface area contributed by atoms with Crippen LogP contribution in [-0.2, 0) is 4.74 Å². The first-order valence-corrected chi connectivity index (χ1v) is 8.26. The van der Waals surface area contributed by atoms with Gasteiger partial charge in [-0.2, -0.15) is 0 Å². The maximum absolute atomic E-state index is 12.1. The molecule has 0 radical (unpaired) electrons. The summed E-state index contributed by atoms with van der Waals surface area (Å²) in [7, 11) is 0. The predicted octanol–water partition coefficient (Wildman–Crippen LogP) is 4.50. The van der Waals surface area contributed by atoms with E-state index in [1.807, 2.05) is 24.3 Å². The Bertz CT molecular complexity index is 741. The zero-order valence-electron chi connectivity index (χ0n) is 11.4. The number of fused-ring (bicyclic) bond motifs is 1. The van der Waals surface area contributed by atoms with Gasteiger partial charge in [0.15, 0.2) is 6.10 Å². The van der Waals surface area contributed by atoms with E-state index in [1.165, 1.54) is 0 Å². The predicted molar refractivity (Wildman–Crippen MR) is 91.5 cm³/mol. The highest BCUT2D eigenvalue weighted by Gasteiger charge is 2.28.